The lowest BCUT2D eigenvalue weighted by molar-refractivity contribution is 0.0596. The zero-order valence-corrected chi connectivity index (χ0v) is 12.3. The fourth-order valence-corrected chi connectivity index (χ4v) is 2.39. The quantitative estimate of drug-likeness (QED) is 0.475. The molecule has 4 heteroatoms. The van der Waals surface area contributed by atoms with Crippen LogP contribution < -0.4 is 4.74 Å². The summed E-state index contributed by atoms with van der Waals surface area (Å²) in [6.07, 6.45) is 0. The molecule has 20 heavy (non-hydrogen) atoms. The highest BCUT2D eigenvalue weighted by atomic mass is 32.2. The van der Waals surface area contributed by atoms with E-state index in [-0.39, 0.29) is 5.97 Å². The Balaban J connectivity index is 2.04. The summed E-state index contributed by atoms with van der Waals surface area (Å²) >= 11 is 1.57. The summed E-state index contributed by atoms with van der Waals surface area (Å²) in [6.45, 7) is 1.93. The maximum Gasteiger partial charge on any atom is 0.341 e. The van der Waals surface area contributed by atoms with E-state index in [4.69, 9.17) is 9.47 Å². The van der Waals surface area contributed by atoms with Crippen LogP contribution in [0, 0.1) is 6.92 Å². The van der Waals surface area contributed by atoms with Crippen molar-refractivity contribution in [3.05, 3.63) is 59.7 Å². The van der Waals surface area contributed by atoms with E-state index in [9.17, 15) is 4.79 Å². The second-order valence-electron chi connectivity index (χ2n) is 4.21. The number of methoxy groups -OCH3 is 1. The van der Waals surface area contributed by atoms with Crippen molar-refractivity contribution in [3.63, 3.8) is 0 Å². The number of ether oxygens (including phenoxy) is 2. The molecule has 0 bridgehead atoms. The SMILES string of the molecule is COC(=O)c1cc(C)ccc1OCSc1ccccc1. The van der Waals surface area contributed by atoms with Crippen LogP contribution in [0.4, 0.5) is 0 Å². The summed E-state index contributed by atoms with van der Waals surface area (Å²) in [4.78, 5) is 12.8. The molecular formula is C16H16O3S. The maximum absolute atomic E-state index is 11.7. The number of benzene rings is 2. The molecule has 2 aromatic rings. The molecule has 0 fully saturated rings. The van der Waals surface area contributed by atoms with Crippen LogP contribution in [-0.4, -0.2) is 19.0 Å². The average molecular weight is 288 g/mol. The van der Waals surface area contributed by atoms with Crippen molar-refractivity contribution in [2.75, 3.05) is 13.0 Å². The van der Waals surface area contributed by atoms with Gasteiger partial charge in [0.15, 0.2) is 0 Å². The smallest absolute Gasteiger partial charge is 0.341 e. The summed E-state index contributed by atoms with van der Waals surface area (Å²) in [7, 11) is 1.37. The largest absolute Gasteiger partial charge is 0.482 e. The van der Waals surface area contributed by atoms with E-state index >= 15 is 0 Å². The summed E-state index contributed by atoms with van der Waals surface area (Å²) in [5.41, 5.74) is 1.45. The molecule has 104 valence electrons. The number of carbonyl (C=O) groups is 1. The molecule has 0 saturated heterocycles. The Bertz CT molecular complexity index is 582. The molecule has 0 N–H and O–H groups in total. The second-order valence-corrected chi connectivity index (χ2v) is 5.21. The van der Waals surface area contributed by atoms with Crippen molar-refractivity contribution in [1.82, 2.24) is 0 Å². The number of thioether (sulfide) groups is 1. The minimum Gasteiger partial charge on any atom is -0.482 e. The summed E-state index contributed by atoms with van der Waals surface area (Å²) in [5.74, 6) is 0.608. The second kappa shape index (κ2) is 7.01. The van der Waals surface area contributed by atoms with Gasteiger partial charge in [-0.15, -0.1) is 0 Å². The van der Waals surface area contributed by atoms with Crippen LogP contribution in [0.1, 0.15) is 15.9 Å². The molecule has 0 spiro atoms. The molecule has 0 amide bonds. The van der Waals surface area contributed by atoms with Crippen molar-refractivity contribution in [2.45, 2.75) is 11.8 Å². The van der Waals surface area contributed by atoms with E-state index in [0.29, 0.717) is 17.3 Å². The number of esters is 1. The molecule has 2 aromatic carbocycles. The molecule has 0 saturated carbocycles. The predicted octanol–water partition coefficient (Wildman–Crippen LogP) is 3.91. The van der Waals surface area contributed by atoms with Crippen LogP contribution in [0.5, 0.6) is 5.75 Å². The molecule has 0 aliphatic carbocycles. The summed E-state index contributed by atoms with van der Waals surface area (Å²) < 4.78 is 10.5. The number of hydrogen-bond acceptors (Lipinski definition) is 4. The zero-order chi connectivity index (χ0) is 14.4. The van der Waals surface area contributed by atoms with Gasteiger partial charge in [-0.3, -0.25) is 0 Å². The zero-order valence-electron chi connectivity index (χ0n) is 11.5. The van der Waals surface area contributed by atoms with E-state index in [1.54, 1.807) is 23.9 Å². The molecular weight excluding hydrogens is 272 g/mol. The standard InChI is InChI=1S/C16H16O3S/c1-12-8-9-15(14(10-12)16(17)18-2)19-11-20-13-6-4-3-5-7-13/h3-10H,11H2,1-2H3. The predicted molar refractivity (Wildman–Crippen MR) is 80.3 cm³/mol. The first-order valence-electron chi connectivity index (χ1n) is 6.20. The van der Waals surface area contributed by atoms with Gasteiger partial charge in [0.05, 0.1) is 7.11 Å². The van der Waals surface area contributed by atoms with Gasteiger partial charge in [0.25, 0.3) is 0 Å². The van der Waals surface area contributed by atoms with Gasteiger partial charge in [-0.1, -0.05) is 41.6 Å². The average Bonchev–Trinajstić information content (AvgIpc) is 2.49. The normalized spacial score (nSPS) is 10.1. The first kappa shape index (κ1) is 14.5. The van der Waals surface area contributed by atoms with Gasteiger partial charge in [-0.2, -0.15) is 0 Å². The Morgan fingerprint density at radius 2 is 1.90 bits per heavy atom. The number of rotatable bonds is 5. The lowest BCUT2D eigenvalue weighted by atomic mass is 10.1. The fourth-order valence-electron chi connectivity index (χ4n) is 1.72. The molecule has 0 radical (unpaired) electrons. The molecule has 0 unspecified atom stereocenters. The Morgan fingerprint density at radius 3 is 2.60 bits per heavy atom. The van der Waals surface area contributed by atoms with Crippen molar-refractivity contribution in [3.8, 4) is 5.75 Å². The Labute approximate surface area is 122 Å². The third-order valence-electron chi connectivity index (χ3n) is 2.72. The van der Waals surface area contributed by atoms with Gasteiger partial charge in [0.2, 0.25) is 0 Å². The molecule has 2 rings (SSSR count). The monoisotopic (exact) mass is 288 g/mol. The van der Waals surface area contributed by atoms with E-state index in [1.165, 1.54) is 7.11 Å². The third-order valence-corrected chi connectivity index (χ3v) is 3.56. The van der Waals surface area contributed by atoms with Gasteiger partial charge in [0.1, 0.15) is 17.3 Å². The van der Waals surface area contributed by atoms with Crippen LogP contribution in [0.2, 0.25) is 0 Å². The number of hydrogen-bond donors (Lipinski definition) is 0. The van der Waals surface area contributed by atoms with E-state index in [1.807, 2.05) is 43.3 Å². The lowest BCUT2D eigenvalue weighted by Crippen LogP contribution is -2.06. The highest BCUT2D eigenvalue weighted by Gasteiger charge is 2.13. The number of carbonyl (C=O) groups excluding carboxylic acids is 1. The third kappa shape index (κ3) is 3.78. The molecule has 0 aliphatic heterocycles. The summed E-state index contributed by atoms with van der Waals surface area (Å²) in [6, 6.07) is 15.5. The Hall–Kier alpha value is -1.94. The topological polar surface area (TPSA) is 35.5 Å². The van der Waals surface area contributed by atoms with Crippen LogP contribution in [-0.2, 0) is 4.74 Å². The first-order valence-corrected chi connectivity index (χ1v) is 7.19. The van der Waals surface area contributed by atoms with Crippen LogP contribution in [0.3, 0.4) is 0 Å². The van der Waals surface area contributed by atoms with Gasteiger partial charge in [-0.05, 0) is 31.2 Å². The van der Waals surface area contributed by atoms with Crippen LogP contribution >= 0.6 is 11.8 Å². The lowest BCUT2D eigenvalue weighted by Gasteiger charge is -2.10. The van der Waals surface area contributed by atoms with Crippen molar-refractivity contribution in [1.29, 1.82) is 0 Å². The van der Waals surface area contributed by atoms with Crippen LogP contribution in [0.25, 0.3) is 0 Å². The van der Waals surface area contributed by atoms with E-state index in [0.717, 1.165) is 10.5 Å². The Kier molecular flexibility index (Phi) is 5.07. The first-order chi connectivity index (χ1) is 9.70. The molecule has 3 nitrogen and oxygen atoms in total. The van der Waals surface area contributed by atoms with Crippen molar-refractivity contribution in [2.24, 2.45) is 0 Å². The molecule has 0 aromatic heterocycles. The van der Waals surface area contributed by atoms with Crippen molar-refractivity contribution >= 4 is 17.7 Å². The minimum absolute atomic E-state index is 0.381. The Morgan fingerprint density at radius 1 is 1.15 bits per heavy atom. The molecule has 0 heterocycles. The highest BCUT2D eigenvalue weighted by molar-refractivity contribution is 7.99. The van der Waals surface area contributed by atoms with Gasteiger partial charge >= 0.3 is 5.97 Å². The van der Waals surface area contributed by atoms with Crippen molar-refractivity contribution < 1.29 is 14.3 Å². The van der Waals surface area contributed by atoms with E-state index in [2.05, 4.69) is 0 Å². The van der Waals surface area contributed by atoms with Gasteiger partial charge in [-0.25, -0.2) is 4.79 Å². The van der Waals surface area contributed by atoms with E-state index < -0.39 is 0 Å². The fraction of sp³-hybridized carbons (Fsp3) is 0.188. The van der Waals surface area contributed by atoms with Crippen LogP contribution in [0.15, 0.2) is 53.4 Å². The number of aryl methyl sites for hydroxylation is 1. The minimum atomic E-state index is -0.381. The summed E-state index contributed by atoms with van der Waals surface area (Å²) in [5, 5.41) is 0. The van der Waals surface area contributed by atoms with Gasteiger partial charge in [0, 0.05) is 4.90 Å². The van der Waals surface area contributed by atoms with Gasteiger partial charge < -0.3 is 9.47 Å². The maximum atomic E-state index is 11.7. The molecule has 0 atom stereocenters. The highest BCUT2D eigenvalue weighted by Crippen LogP contribution is 2.24. The molecule has 0 aliphatic rings.